The number of piperidine rings is 1. The first-order valence-corrected chi connectivity index (χ1v) is 12.2. The molecule has 2 aliphatic rings. The number of carbonyl (C=O) groups excluding carboxylic acids is 2. The number of ether oxygens (including phenoxy) is 1. The Balaban J connectivity index is 1.46. The van der Waals surface area contributed by atoms with E-state index in [1.807, 2.05) is 52.0 Å². The second kappa shape index (κ2) is 9.72. The first-order valence-electron chi connectivity index (χ1n) is 12.2. The van der Waals surface area contributed by atoms with Crippen LogP contribution in [0.3, 0.4) is 0 Å². The number of aliphatic carboxylic acids is 1. The van der Waals surface area contributed by atoms with Gasteiger partial charge in [-0.25, -0.2) is 4.79 Å². The number of rotatable bonds is 5. The van der Waals surface area contributed by atoms with Crippen LogP contribution in [0, 0.1) is 17.3 Å². The summed E-state index contributed by atoms with van der Waals surface area (Å²) in [5.74, 6) is -1.77. The molecular formula is C28H34N2O5. The van der Waals surface area contributed by atoms with E-state index in [4.69, 9.17) is 4.74 Å². The van der Waals surface area contributed by atoms with Gasteiger partial charge in [0.2, 0.25) is 5.91 Å². The van der Waals surface area contributed by atoms with Crippen molar-refractivity contribution in [2.24, 2.45) is 17.3 Å². The minimum absolute atomic E-state index is 0.0730. The van der Waals surface area contributed by atoms with E-state index >= 15 is 0 Å². The fraction of sp³-hybridized carbons (Fsp3) is 0.464. The number of nitrogens with one attached hydrogen (secondary N) is 1. The van der Waals surface area contributed by atoms with Crippen molar-refractivity contribution < 1.29 is 24.2 Å². The summed E-state index contributed by atoms with van der Waals surface area (Å²) >= 11 is 0. The van der Waals surface area contributed by atoms with E-state index in [1.54, 1.807) is 4.90 Å². The smallest absolute Gasteiger partial charge is 0.407 e. The third kappa shape index (κ3) is 5.19. The van der Waals surface area contributed by atoms with Crippen molar-refractivity contribution in [2.45, 2.75) is 46.1 Å². The molecular weight excluding hydrogens is 444 g/mol. The Morgan fingerprint density at radius 2 is 1.60 bits per heavy atom. The van der Waals surface area contributed by atoms with E-state index in [2.05, 4.69) is 29.6 Å². The molecule has 1 heterocycles. The van der Waals surface area contributed by atoms with Crippen LogP contribution in [0.4, 0.5) is 4.79 Å². The second-order valence-corrected chi connectivity index (χ2v) is 10.9. The van der Waals surface area contributed by atoms with Crippen molar-refractivity contribution >= 4 is 18.0 Å². The van der Waals surface area contributed by atoms with Crippen LogP contribution in [0.5, 0.6) is 0 Å². The van der Waals surface area contributed by atoms with Crippen LogP contribution < -0.4 is 5.32 Å². The maximum atomic E-state index is 13.4. The number of benzene rings is 2. The van der Waals surface area contributed by atoms with Crippen LogP contribution in [0.1, 0.15) is 51.2 Å². The zero-order valence-electron chi connectivity index (χ0n) is 20.8. The summed E-state index contributed by atoms with van der Waals surface area (Å²) in [6.07, 6.45) is -0.112. The highest BCUT2D eigenvalue weighted by molar-refractivity contribution is 5.87. The Morgan fingerprint density at radius 3 is 2.14 bits per heavy atom. The van der Waals surface area contributed by atoms with Gasteiger partial charge in [0.05, 0.1) is 5.92 Å². The molecule has 1 saturated heterocycles. The molecule has 7 nitrogen and oxygen atoms in total. The van der Waals surface area contributed by atoms with Crippen molar-refractivity contribution in [1.29, 1.82) is 0 Å². The largest absolute Gasteiger partial charge is 0.481 e. The monoisotopic (exact) mass is 478 g/mol. The summed E-state index contributed by atoms with van der Waals surface area (Å²) < 4.78 is 5.67. The molecule has 1 aliphatic carbocycles. The average molecular weight is 479 g/mol. The standard InChI is InChI=1S/C28H34N2O5/c1-17-13-18(26(32)33)15-30(14-17)25(31)24(28(2,3)4)29-27(34)35-16-23-21-11-7-5-9-19(21)20-10-6-8-12-22(20)23/h5-12,17-18,23-24H,13-16H2,1-4H3,(H,29,34)(H,32,33)/t17?,18?,24-/m1/s1. The quantitative estimate of drug-likeness (QED) is 0.659. The van der Waals surface area contributed by atoms with E-state index in [1.165, 1.54) is 0 Å². The second-order valence-electron chi connectivity index (χ2n) is 10.9. The molecule has 7 heteroatoms. The zero-order chi connectivity index (χ0) is 25.3. The zero-order valence-corrected chi connectivity index (χ0v) is 20.8. The van der Waals surface area contributed by atoms with E-state index in [9.17, 15) is 19.5 Å². The van der Waals surface area contributed by atoms with Crippen LogP contribution in [-0.2, 0) is 14.3 Å². The van der Waals surface area contributed by atoms with Gasteiger partial charge in [0, 0.05) is 19.0 Å². The molecule has 4 rings (SSSR count). The summed E-state index contributed by atoms with van der Waals surface area (Å²) in [5, 5.41) is 12.3. The predicted octanol–water partition coefficient (Wildman–Crippen LogP) is 4.51. The number of carboxylic acids is 1. The maximum Gasteiger partial charge on any atom is 0.407 e. The number of likely N-dealkylation sites (tertiary alicyclic amines) is 1. The van der Waals surface area contributed by atoms with Crippen LogP contribution >= 0.6 is 0 Å². The Hall–Kier alpha value is -3.35. The number of hydrogen-bond donors (Lipinski definition) is 2. The van der Waals surface area contributed by atoms with Crippen molar-refractivity contribution in [3.05, 3.63) is 59.7 Å². The van der Waals surface area contributed by atoms with Gasteiger partial charge < -0.3 is 20.1 Å². The van der Waals surface area contributed by atoms with Gasteiger partial charge in [0.25, 0.3) is 0 Å². The number of fused-ring (bicyclic) bond motifs is 3. The minimum Gasteiger partial charge on any atom is -0.481 e. The molecule has 2 N–H and O–H groups in total. The Bertz CT molecular complexity index is 1080. The molecule has 2 amide bonds. The topological polar surface area (TPSA) is 95.9 Å². The van der Waals surface area contributed by atoms with Gasteiger partial charge in [-0.2, -0.15) is 0 Å². The Labute approximate surface area is 206 Å². The van der Waals surface area contributed by atoms with E-state index < -0.39 is 29.4 Å². The first-order chi connectivity index (χ1) is 16.6. The minimum atomic E-state index is -0.897. The number of nitrogens with zero attached hydrogens (tertiary/aromatic N) is 1. The number of alkyl carbamates (subject to hydrolysis) is 1. The summed E-state index contributed by atoms with van der Waals surface area (Å²) in [4.78, 5) is 39.5. The summed E-state index contributed by atoms with van der Waals surface area (Å²) in [7, 11) is 0. The number of carboxylic acid groups (broad SMARTS) is 1. The predicted molar refractivity (Wildman–Crippen MR) is 133 cm³/mol. The summed E-state index contributed by atoms with van der Waals surface area (Å²) in [6.45, 7) is 8.36. The van der Waals surface area contributed by atoms with Crippen LogP contribution in [0.15, 0.2) is 48.5 Å². The highest BCUT2D eigenvalue weighted by Crippen LogP contribution is 2.44. The van der Waals surface area contributed by atoms with Gasteiger partial charge in [-0.05, 0) is 40.0 Å². The third-order valence-corrected chi connectivity index (χ3v) is 7.04. The molecule has 0 bridgehead atoms. The van der Waals surface area contributed by atoms with Gasteiger partial charge in [-0.3, -0.25) is 9.59 Å². The molecule has 0 aromatic heterocycles. The molecule has 0 saturated carbocycles. The fourth-order valence-corrected chi connectivity index (χ4v) is 5.30. The van der Waals surface area contributed by atoms with Crippen LogP contribution in [0.25, 0.3) is 11.1 Å². The van der Waals surface area contributed by atoms with Gasteiger partial charge in [-0.15, -0.1) is 0 Å². The van der Waals surface area contributed by atoms with E-state index in [-0.39, 0.29) is 30.9 Å². The lowest BCUT2D eigenvalue weighted by molar-refractivity contribution is -0.148. The van der Waals surface area contributed by atoms with Crippen molar-refractivity contribution in [3.63, 3.8) is 0 Å². The maximum absolute atomic E-state index is 13.4. The van der Waals surface area contributed by atoms with Crippen molar-refractivity contribution in [1.82, 2.24) is 10.2 Å². The van der Waals surface area contributed by atoms with Gasteiger partial charge >= 0.3 is 12.1 Å². The summed E-state index contributed by atoms with van der Waals surface area (Å²) in [5.41, 5.74) is 3.94. The van der Waals surface area contributed by atoms with Gasteiger partial charge in [0.15, 0.2) is 0 Å². The van der Waals surface area contributed by atoms with E-state index in [0.717, 1.165) is 22.3 Å². The highest BCUT2D eigenvalue weighted by atomic mass is 16.5. The lowest BCUT2D eigenvalue weighted by Gasteiger charge is -2.39. The molecule has 0 spiro atoms. The highest BCUT2D eigenvalue weighted by Gasteiger charge is 2.40. The third-order valence-electron chi connectivity index (χ3n) is 7.04. The van der Waals surface area contributed by atoms with Crippen molar-refractivity contribution in [2.75, 3.05) is 19.7 Å². The molecule has 1 fully saturated rings. The number of hydrogen-bond acceptors (Lipinski definition) is 4. The number of carbonyl (C=O) groups is 3. The number of amides is 2. The molecule has 3 atom stereocenters. The van der Waals surface area contributed by atoms with Crippen LogP contribution in [0.2, 0.25) is 0 Å². The Morgan fingerprint density at radius 1 is 1.03 bits per heavy atom. The molecule has 2 aromatic rings. The average Bonchev–Trinajstić information content (AvgIpc) is 3.13. The summed E-state index contributed by atoms with van der Waals surface area (Å²) in [6, 6.07) is 15.4. The SMILES string of the molecule is CC1CC(C(=O)O)CN(C(=O)[C@@H](NC(=O)OCC2c3ccccc3-c3ccccc32)C(C)(C)C)C1. The van der Waals surface area contributed by atoms with Gasteiger partial charge in [0.1, 0.15) is 12.6 Å². The van der Waals surface area contributed by atoms with Crippen molar-refractivity contribution in [3.8, 4) is 11.1 Å². The molecule has 186 valence electrons. The Kier molecular flexibility index (Phi) is 6.88. The van der Waals surface area contributed by atoms with E-state index in [0.29, 0.717) is 13.0 Å². The fourth-order valence-electron chi connectivity index (χ4n) is 5.30. The molecule has 2 unspecified atom stereocenters. The first kappa shape index (κ1) is 24.8. The van der Waals surface area contributed by atoms with Crippen LogP contribution in [-0.4, -0.2) is 53.7 Å². The van der Waals surface area contributed by atoms with Gasteiger partial charge in [-0.1, -0.05) is 76.2 Å². The normalized spacial score (nSPS) is 20.5. The molecule has 35 heavy (non-hydrogen) atoms. The lowest BCUT2D eigenvalue weighted by Crippen LogP contribution is -2.57. The molecule has 0 radical (unpaired) electrons. The molecule has 1 aliphatic heterocycles. The lowest BCUT2D eigenvalue weighted by atomic mass is 9.84. The molecule has 2 aromatic carbocycles.